The van der Waals surface area contributed by atoms with Crippen molar-refractivity contribution >= 4 is 5.91 Å². The smallest absolute Gasteiger partial charge is 0.223 e. The van der Waals surface area contributed by atoms with E-state index in [0.29, 0.717) is 12.5 Å². The van der Waals surface area contributed by atoms with Gasteiger partial charge in [0.1, 0.15) is 0 Å². The number of aliphatic hydroxyl groups is 1. The van der Waals surface area contributed by atoms with E-state index in [2.05, 4.69) is 29.2 Å². The van der Waals surface area contributed by atoms with Gasteiger partial charge < -0.3 is 10.0 Å². The maximum Gasteiger partial charge on any atom is 0.223 e. The zero-order valence-electron chi connectivity index (χ0n) is 12.4. The molecule has 2 fully saturated rings. The molecule has 0 saturated carbocycles. The van der Waals surface area contributed by atoms with Gasteiger partial charge in [0.15, 0.2) is 0 Å². The lowest BCUT2D eigenvalue weighted by atomic mass is 10.0. The molecule has 3 rings (SSSR count). The Morgan fingerprint density at radius 3 is 2.71 bits per heavy atom. The van der Waals surface area contributed by atoms with Gasteiger partial charge in [-0.2, -0.15) is 0 Å². The molecule has 4 heteroatoms. The molecule has 0 aromatic heterocycles. The lowest BCUT2D eigenvalue weighted by Crippen LogP contribution is -2.48. The molecule has 2 atom stereocenters. The van der Waals surface area contributed by atoms with E-state index >= 15 is 0 Å². The summed E-state index contributed by atoms with van der Waals surface area (Å²) in [7, 11) is 0. The molecule has 2 saturated heterocycles. The Kier molecular flexibility index (Phi) is 4.56. The SMILES string of the molecule is O=C1CC(CO)CN1C1CCCN(Cc2ccccc2)C1. The average Bonchev–Trinajstić information content (AvgIpc) is 2.90. The molecule has 114 valence electrons. The van der Waals surface area contributed by atoms with Crippen molar-refractivity contribution in [1.82, 2.24) is 9.80 Å². The first-order chi connectivity index (χ1) is 10.3. The summed E-state index contributed by atoms with van der Waals surface area (Å²) in [6.45, 7) is 3.89. The molecule has 2 unspecified atom stereocenters. The van der Waals surface area contributed by atoms with Crippen molar-refractivity contribution in [1.29, 1.82) is 0 Å². The number of hydrogen-bond acceptors (Lipinski definition) is 3. The molecule has 4 nitrogen and oxygen atoms in total. The standard InChI is InChI=1S/C17H24N2O2/c20-13-15-9-17(21)19(11-15)16-7-4-8-18(12-16)10-14-5-2-1-3-6-14/h1-3,5-6,15-16,20H,4,7-13H2. The molecule has 1 N–H and O–H groups in total. The highest BCUT2D eigenvalue weighted by Gasteiger charge is 2.35. The lowest BCUT2D eigenvalue weighted by molar-refractivity contribution is -0.130. The molecule has 1 aromatic carbocycles. The van der Waals surface area contributed by atoms with E-state index in [9.17, 15) is 9.90 Å². The van der Waals surface area contributed by atoms with Gasteiger partial charge in [0, 0.05) is 44.6 Å². The Morgan fingerprint density at radius 1 is 1.19 bits per heavy atom. The van der Waals surface area contributed by atoms with Gasteiger partial charge in [0.05, 0.1) is 0 Å². The highest BCUT2D eigenvalue weighted by Crippen LogP contribution is 2.25. The van der Waals surface area contributed by atoms with Crippen LogP contribution in [0.4, 0.5) is 0 Å². The molecule has 0 spiro atoms. The van der Waals surface area contributed by atoms with Crippen molar-refractivity contribution in [2.45, 2.75) is 31.8 Å². The predicted octanol–water partition coefficient (Wildman–Crippen LogP) is 1.49. The monoisotopic (exact) mass is 288 g/mol. The summed E-state index contributed by atoms with van der Waals surface area (Å²) in [5.74, 6) is 0.364. The van der Waals surface area contributed by atoms with E-state index in [1.807, 2.05) is 11.0 Å². The van der Waals surface area contributed by atoms with E-state index in [-0.39, 0.29) is 18.4 Å². The molecular weight excluding hydrogens is 264 g/mol. The number of carbonyl (C=O) groups is 1. The normalized spacial score (nSPS) is 27.3. The number of piperidine rings is 1. The van der Waals surface area contributed by atoms with Gasteiger partial charge in [-0.3, -0.25) is 9.69 Å². The molecule has 2 aliphatic heterocycles. The number of benzene rings is 1. The van der Waals surface area contributed by atoms with Gasteiger partial charge >= 0.3 is 0 Å². The van der Waals surface area contributed by atoms with E-state index in [1.165, 1.54) is 5.56 Å². The third-order valence-corrected chi connectivity index (χ3v) is 4.67. The van der Waals surface area contributed by atoms with Crippen LogP contribution in [0.25, 0.3) is 0 Å². The molecule has 1 aromatic rings. The molecule has 0 bridgehead atoms. The van der Waals surface area contributed by atoms with Crippen molar-refractivity contribution < 1.29 is 9.90 Å². The molecule has 21 heavy (non-hydrogen) atoms. The van der Waals surface area contributed by atoms with Gasteiger partial charge in [-0.1, -0.05) is 30.3 Å². The van der Waals surface area contributed by atoms with E-state index in [1.54, 1.807) is 0 Å². The first kappa shape index (κ1) is 14.5. The number of hydrogen-bond donors (Lipinski definition) is 1. The second kappa shape index (κ2) is 6.58. The summed E-state index contributed by atoms with van der Waals surface area (Å²) in [4.78, 5) is 16.6. The molecular formula is C17H24N2O2. The maximum absolute atomic E-state index is 12.1. The summed E-state index contributed by atoms with van der Waals surface area (Å²) in [6.07, 6.45) is 2.76. The molecule has 2 aliphatic rings. The topological polar surface area (TPSA) is 43.8 Å². The van der Waals surface area contributed by atoms with Crippen LogP contribution in [0.1, 0.15) is 24.8 Å². The third kappa shape index (κ3) is 3.44. The van der Waals surface area contributed by atoms with Crippen LogP contribution < -0.4 is 0 Å². The number of amides is 1. The maximum atomic E-state index is 12.1. The fourth-order valence-corrected chi connectivity index (χ4v) is 3.55. The van der Waals surface area contributed by atoms with Crippen LogP contribution >= 0.6 is 0 Å². The summed E-state index contributed by atoms with van der Waals surface area (Å²) in [6, 6.07) is 10.8. The first-order valence-electron chi connectivity index (χ1n) is 7.93. The molecule has 1 amide bonds. The zero-order chi connectivity index (χ0) is 14.7. The highest BCUT2D eigenvalue weighted by molar-refractivity contribution is 5.79. The Balaban J connectivity index is 1.59. The van der Waals surface area contributed by atoms with E-state index < -0.39 is 0 Å². The fraction of sp³-hybridized carbons (Fsp3) is 0.588. The molecule has 0 aliphatic carbocycles. The predicted molar refractivity (Wildman–Crippen MR) is 81.6 cm³/mol. The van der Waals surface area contributed by atoms with Crippen LogP contribution in [0.3, 0.4) is 0 Å². The van der Waals surface area contributed by atoms with Crippen LogP contribution in [0.15, 0.2) is 30.3 Å². The Morgan fingerprint density at radius 2 is 2.00 bits per heavy atom. The number of likely N-dealkylation sites (tertiary alicyclic amines) is 2. The van der Waals surface area contributed by atoms with Crippen molar-refractivity contribution in [3.05, 3.63) is 35.9 Å². The highest BCUT2D eigenvalue weighted by atomic mass is 16.3. The number of carbonyl (C=O) groups excluding carboxylic acids is 1. The minimum Gasteiger partial charge on any atom is -0.396 e. The quantitative estimate of drug-likeness (QED) is 0.913. The van der Waals surface area contributed by atoms with Gasteiger partial charge in [-0.15, -0.1) is 0 Å². The van der Waals surface area contributed by atoms with Crippen molar-refractivity contribution in [2.75, 3.05) is 26.2 Å². The Bertz CT molecular complexity index is 477. The zero-order valence-corrected chi connectivity index (χ0v) is 12.4. The van der Waals surface area contributed by atoms with Gasteiger partial charge in [0.2, 0.25) is 5.91 Å². The Hall–Kier alpha value is -1.39. The van der Waals surface area contributed by atoms with E-state index in [0.717, 1.165) is 39.0 Å². The van der Waals surface area contributed by atoms with E-state index in [4.69, 9.17) is 0 Å². The lowest BCUT2D eigenvalue weighted by Gasteiger charge is -2.37. The van der Waals surface area contributed by atoms with Crippen molar-refractivity contribution in [2.24, 2.45) is 5.92 Å². The summed E-state index contributed by atoms with van der Waals surface area (Å²) in [5.41, 5.74) is 1.33. The fourth-order valence-electron chi connectivity index (χ4n) is 3.55. The number of nitrogens with zero attached hydrogens (tertiary/aromatic N) is 2. The summed E-state index contributed by atoms with van der Waals surface area (Å²) >= 11 is 0. The Labute approximate surface area is 126 Å². The molecule has 0 radical (unpaired) electrons. The third-order valence-electron chi connectivity index (χ3n) is 4.67. The summed E-state index contributed by atoms with van der Waals surface area (Å²) in [5, 5.41) is 9.26. The van der Waals surface area contributed by atoms with Crippen LogP contribution in [0.5, 0.6) is 0 Å². The van der Waals surface area contributed by atoms with Gasteiger partial charge in [-0.05, 0) is 24.9 Å². The van der Waals surface area contributed by atoms with Crippen LogP contribution in [0, 0.1) is 5.92 Å². The minimum absolute atomic E-state index is 0.128. The molecule has 2 heterocycles. The van der Waals surface area contributed by atoms with Gasteiger partial charge in [0.25, 0.3) is 0 Å². The summed E-state index contributed by atoms with van der Waals surface area (Å²) < 4.78 is 0. The van der Waals surface area contributed by atoms with Crippen LogP contribution in [-0.2, 0) is 11.3 Å². The second-order valence-electron chi connectivity index (χ2n) is 6.32. The first-order valence-corrected chi connectivity index (χ1v) is 7.93. The average molecular weight is 288 g/mol. The largest absolute Gasteiger partial charge is 0.396 e. The van der Waals surface area contributed by atoms with Crippen LogP contribution in [-0.4, -0.2) is 53.1 Å². The minimum atomic E-state index is 0.128. The van der Waals surface area contributed by atoms with Crippen LogP contribution in [0.2, 0.25) is 0 Å². The number of aliphatic hydroxyl groups excluding tert-OH is 1. The van der Waals surface area contributed by atoms with Gasteiger partial charge in [-0.25, -0.2) is 0 Å². The number of rotatable bonds is 4. The second-order valence-corrected chi connectivity index (χ2v) is 6.32. The van der Waals surface area contributed by atoms with Crippen molar-refractivity contribution in [3.8, 4) is 0 Å². The van der Waals surface area contributed by atoms with Crippen molar-refractivity contribution in [3.63, 3.8) is 0 Å².